The van der Waals surface area contributed by atoms with Gasteiger partial charge in [0.2, 0.25) is 5.91 Å². The largest absolute Gasteiger partial charge is 0.524 e. The van der Waals surface area contributed by atoms with Crippen molar-refractivity contribution in [2.45, 2.75) is 61.8 Å². The molecule has 0 radical (unpaired) electrons. The maximum absolute atomic E-state index is 12.6. The van der Waals surface area contributed by atoms with E-state index in [2.05, 4.69) is 19.6 Å². The third-order valence-corrected chi connectivity index (χ3v) is 6.81. The number of aromatic nitrogens is 2. The first-order valence-corrected chi connectivity index (χ1v) is 10.5. The summed E-state index contributed by atoms with van der Waals surface area (Å²) in [7, 11) is 0. The Morgan fingerprint density at radius 2 is 1.87 bits per heavy atom. The summed E-state index contributed by atoms with van der Waals surface area (Å²) in [5.41, 5.74) is 1.44. The average Bonchev–Trinajstić information content (AvgIpc) is 3.08. The number of carbonyl (C=O) groups excluding carboxylic acids is 1. The lowest BCUT2D eigenvalue weighted by Gasteiger charge is -2.70. The smallest absolute Gasteiger partial charge is 0.348 e. The molecule has 0 saturated heterocycles. The lowest BCUT2D eigenvalue weighted by Crippen LogP contribution is -2.78. The molecular weight excluding hydrogens is 435 g/mol. The summed E-state index contributed by atoms with van der Waals surface area (Å²) >= 11 is 5.93. The van der Waals surface area contributed by atoms with Crippen LogP contribution in [0, 0.1) is 0 Å². The van der Waals surface area contributed by atoms with Gasteiger partial charge in [0.1, 0.15) is 6.61 Å². The first-order chi connectivity index (χ1) is 14.6. The SMILES string of the molecule is O=C(COC1(OC(F)(F)F)CCC1)NC12CC(n3cnc(-c4ccc(Cl)cc4)c3)(C1)C2. The number of halogens is 4. The van der Waals surface area contributed by atoms with Gasteiger partial charge in [0.15, 0.2) is 5.79 Å². The monoisotopic (exact) mass is 455 g/mol. The molecule has 4 saturated carbocycles. The van der Waals surface area contributed by atoms with Crippen molar-refractivity contribution < 1.29 is 27.4 Å². The van der Waals surface area contributed by atoms with Crippen molar-refractivity contribution in [3.8, 4) is 11.3 Å². The standard InChI is InChI=1S/C21H21ClF3N3O3/c22-15-4-2-14(3-5-15)16-8-28(13-26-16)19-10-18(11-19,12-19)27-17(29)9-30-20(6-1-7-20)31-21(23,24)25/h2-5,8,13H,1,6-7,9-12H2,(H,27,29). The van der Waals surface area contributed by atoms with Gasteiger partial charge in [0, 0.05) is 35.2 Å². The minimum absolute atomic E-state index is 0.0690. The van der Waals surface area contributed by atoms with Crippen molar-refractivity contribution in [1.29, 1.82) is 0 Å². The number of nitrogens with zero attached hydrogens (tertiary/aromatic N) is 2. The third-order valence-electron chi connectivity index (χ3n) is 6.56. The van der Waals surface area contributed by atoms with Crippen molar-refractivity contribution in [2.24, 2.45) is 0 Å². The molecule has 166 valence electrons. The fourth-order valence-corrected chi connectivity index (χ4v) is 5.10. The van der Waals surface area contributed by atoms with E-state index in [9.17, 15) is 18.0 Å². The summed E-state index contributed by atoms with van der Waals surface area (Å²) in [6.45, 7) is -0.448. The molecule has 6 rings (SSSR count). The second-order valence-electron chi connectivity index (χ2n) is 8.86. The molecule has 2 aromatic rings. The van der Waals surface area contributed by atoms with Gasteiger partial charge < -0.3 is 14.6 Å². The van der Waals surface area contributed by atoms with Crippen molar-refractivity contribution in [2.75, 3.05) is 6.61 Å². The van der Waals surface area contributed by atoms with Crippen LogP contribution in [0.25, 0.3) is 11.3 Å². The molecule has 4 aliphatic carbocycles. The number of ether oxygens (including phenoxy) is 2. The maximum Gasteiger partial charge on any atom is 0.524 e. The molecule has 0 unspecified atom stereocenters. The number of rotatable bonds is 7. The van der Waals surface area contributed by atoms with E-state index in [4.69, 9.17) is 16.3 Å². The Morgan fingerprint density at radius 3 is 2.45 bits per heavy atom. The number of imidazole rings is 1. The highest BCUT2D eigenvalue weighted by molar-refractivity contribution is 6.30. The van der Waals surface area contributed by atoms with Gasteiger partial charge >= 0.3 is 6.36 Å². The number of carbonyl (C=O) groups is 1. The van der Waals surface area contributed by atoms with Gasteiger partial charge in [-0.15, -0.1) is 13.2 Å². The molecule has 6 nitrogen and oxygen atoms in total. The van der Waals surface area contributed by atoms with Crippen molar-refractivity contribution in [3.63, 3.8) is 0 Å². The quantitative estimate of drug-likeness (QED) is 0.629. The highest BCUT2D eigenvalue weighted by atomic mass is 35.5. The van der Waals surface area contributed by atoms with Gasteiger partial charge in [-0.2, -0.15) is 0 Å². The Bertz CT molecular complexity index is 982. The van der Waals surface area contributed by atoms with Crippen LogP contribution >= 0.6 is 11.6 Å². The van der Waals surface area contributed by atoms with E-state index in [1.165, 1.54) is 0 Å². The minimum atomic E-state index is -4.78. The molecule has 0 spiro atoms. The Balaban J connectivity index is 1.14. The van der Waals surface area contributed by atoms with Crippen molar-refractivity contribution >= 4 is 17.5 Å². The highest BCUT2D eigenvalue weighted by Crippen LogP contribution is 2.65. The summed E-state index contributed by atoms with van der Waals surface area (Å²) in [5, 5.41) is 3.60. The fraction of sp³-hybridized carbons (Fsp3) is 0.524. The lowest BCUT2D eigenvalue weighted by atomic mass is 9.44. The molecule has 1 amide bonds. The highest BCUT2D eigenvalue weighted by Gasteiger charge is 2.69. The number of hydrogen-bond donors (Lipinski definition) is 1. The van der Waals surface area contributed by atoms with Gasteiger partial charge in [-0.05, 0) is 37.8 Å². The zero-order valence-electron chi connectivity index (χ0n) is 16.5. The Morgan fingerprint density at radius 1 is 1.19 bits per heavy atom. The van der Waals surface area contributed by atoms with E-state index >= 15 is 0 Å². The van der Waals surface area contributed by atoms with Crippen molar-refractivity contribution in [1.82, 2.24) is 14.9 Å². The van der Waals surface area contributed by atoms with E-state index < -0.39 is 24.7 Å². The van der Waals surface area contributed by atoms with Gasteiger partial charge in [-0.1, -0.05) is 23.7 Å². The molecule has 4 fully saturated rings. The average molecular weight is 456 g/mol. The molecular formula is C21H21ClF3N3O3. The Hall–Kier alpha value is -2.10. The van der Waals surface area contributed by atoms with Gasteiger partial charge in [0.05, 0.1) is 17.6 Å². The molecule has 1 aromatic heterocycles. The number of amides is 1. The normalized spacial score (nSPS) is 28.3. The van der Waals surface area contributed by atoms with Crippen molar-refractivity contribution in [3.05, 3.63) is 41.8 Å². The molecule has 0 aliphatic heterocycles. The lowest BCUT2D eigenvalue weighted by molar-refractivity contribution is -0.432. The third kappa shape index (κ3) is 3.83. The van der Waals surface area contributed by atoms with E-state index in [-0.39, 0.29) is 23.9 Å². The molecule has 1 aromatic carbocycles. The first-order valence-electron chi connectivity index (χ1n) is 10.1. The van der Waals surface area contributed by atoms with Crippen LogP contribution in [0.15, 0.2) is 36.8 Å². The number of nitrogens with one attached hydrogen (secondary N) is 1. The zero-order valence-corrected chi connectivity index (χ0v) is 17.3. The summed E-state index contributed by atoms with van der Waals surface area (Å²) in [5.74, 6) is -2.14. The molecule has 0 atom stereocenters. The Labute approximate surface area is 181 Å². The molecule has 4 aliphatic rings. The molecule has 31 heavy (non-hydrogen) atoms. The van der Waals surface area contributed by atoms with Gasteiger partial charge in [-0.3, -0.25) is 9.53 Å². The van der Waals surface area contributed by atoms with Crippen LogP contribution in [0.1, 0.15) is 38.5 Å². The van der Waals surface area contributed by atoms with Crippen LogP contribution in [0.4, 0.5) is 13.2 Å². The van der Waals surface area contributed by atoms with Crippen LogP contribution in [-0.4, -0.2) is 39.8 Å². The second kappa shape index (κ2) is 6.95. The summed E-state index contributed by atoms with van der Waals surface area (Å²) in [6, 6.07) is 7.46. The van der Waals surface area contributed by atoms with Crippen LogP contribution in [0.3, 0.4) is 0 Å². The summed E-state index contributed by atoms with van der Waals surface area (Å²) in [6.07, 6.45) is 2.11. The fourth-order valence-electron chi connectivity index (χ4n) is 4.97. The first kappa shape index (κ1) is 20.8. The van der Waals surface area contributed by atoms with E-state index in [1.807, 2.05) is 30.5 Å². The van der Waals surface area contributed by atoms with E-state index in [0.29, 0.717) is 11.4 Å². The second-order valence-corrected chi connectivity index (χ2v) is 9.29. The maximum atomic E-state index is 12.6. The van der Waals surface area contributed by atoms with Gasteiger partial charge in [0.25, 0.3) is 0 Å². The zero-order chi connectivity index (χ0) is 21.9. The van der Waals surface area contributed by atoms with Crippen LogP contribution in [-0.2, 0) is 19.8 Å². The van der Waals surface area contributed by atoms with E-state index in [1.54, 1.807) is 6.33 Å². The number of hydrogen-bond acceptors (Lipinski definition) is 4. The van der Waals surface area contributed by atoms with Crippen LogP contribution < -0.4 is 5.32 Å². The summed E-state index contributed by atoms with van der Waals surface area (Å²) in [4.78, 5) is 16.8. The Kier molecular flexibility index (Phi) is 4.66. The molecule has 1 N–H and O–H groups in total. The number of alkyl halides is 3. The molecule has 10 heteroatoms. The van der Waals surface area contributed by atoms with Crippen LogP contribution in [0.2, 0.25) is 5.02 Å². The summed E-state index contributed by atoms with van der Waals surface area (Å²) < 4.78 is 49.1. The molecule has 1 heterocycles. The van der Waals surface area contributed by atoms with E-state index in [0.717, 1.165) is 30.5 Å². The van der Waals surface area contributed by atoms with Gasteiger partial charge in [-0.25, -0.2) is 4.98 Å². The predicted molar refractivity (Wildman–Crippen MR) is 105 cm³/mol. The minimum Gasteiger partial charge on any atom is -0.348 e. The molecule has 2 bridgehead atoms. The number of benzene rings is 1. The topological polar surface area (TPSA) is 65.4 Å². The van der Waals surface area contributed by atoms with Crippen LogP contribution in [0.5, 0.6) is 0 Å². The predicted octanol–water partition coefficient (Wildman–Crippen LogP) is 4.38.